The smallest absolute Gasteiger partial charge is 0.0627 e. The molecule has 0 aromatic carbocycles. The van der Waals surface area contributed by atoms with E-state index in [1.54, 1.807) is 0 Å². The van der Waals surface area contributed by atoms with Crippen LogP contribution >= 0.6 is 11.8 Å². The van der Waals surface area contributed by atoms with Crippen molar-refractivity contribution in [3.05, 3.63) is 0 Å². The molecule has 1 aliphatic heterocycles. The Morgan fingerprint density at radius 2 is 1.82 bits per heavy atom. The summed E-state index contributed by atoms with van der Waals surface area (Å²) < 4.78 is 0. The van der Waals surface area contributed by atoms with Crippen LogP contribution in [0, 0.1) is 40.4 Å². The summed E-state index contributed by atoms with van der Waals surface area (Å²) in [5.41, 5.74) is 0.778. The lowest BCUT2D eigenvalue weighted by atomic mass is 9.42. The predicted molar refractivity (Wildman–Crippen MR) is 116 cm³/mol. The highest BCUT2D eigenvalue weighted by atomic mass is 32.2. The van der Waals surface area contributed by atoms with E-state index in [2.05, 4.69) is 30.9 Å². The van der Waals surface area contributed by atoms with Gasteiger partial charge in [-0.1, -0.05) is 20.3 Å². The summed E-state index contributed by atoms with van der Waals surface area (Å²) in [6.07, 6.45) is 11.6. The number of thioether (sulfide) groups is 1. The number of hydrogen-bond donors (Lipinski definition) is 3. The zero-order valence-electron chi connectivity index (χ0n) is 17.9. The van der Waals surface area contributed by atoms with Gasteiger partial charge in [-0.2, -0.15) is 11.8 Å². The molecule has 3 nitrogen and oxygen atoms in total. The number of nitrogens with one attached hydrogen (secondary N) is 1. The van der Waals surface area contributed by atoms with Gasteiger partial charge in [0, 0.05) is 29.6 Å². The van der Waals surface area contributed by atoms with Crippen molar-refractivity contribution < 1.29 is 10.2 Å². The van der Waals surface area contributed by atoms with Crippen LogP contribution < -0.4 is 5.32 Å². The van der Waals surface area contributed by atoms with E-state index >= 15 is 0 Å². The fraction of sp³-hybridized carbons (Fsp3) is 1.00. The van der Waals surface area contributed by atoms with Gasteiger partial charge < -0.3 is 15.5 Å². The number of aliphatic hydroxyl groups excluding tert-OH is 2. The van der Waals surface area contributed by atoms with Gasteiger partial charge in [0.05, 0.1) is 6.10 Å². The molecule has 0 aromatic rings. The predicted octanol–water partition coefficient (Wildman–Crippen LogP) is 4.07. The first-order valence-corrected chi connectivity index (χ1v) is 13.1. The third-order valence-corrected chi connectivity index (χ3v) is 11.9. The van der Waals surface area contributed by atoms with E-state index in [0.29, 0.717) is 34.5 Å². The molecule has 4 heteroatoms. The van der Waals surface area contributed by atoms with Crippen molar-refractivity contribution in [2.75, 3.05) is 19.7 Å². The highest BCUT2D eigenvalue weighted by Crippen LogP contribution is 2.67. The summed E-state index contributed by atoms with van der Waals surface area (Å²) in [5, 5.41) is 27.0. The van der Waals surface area contributed by atoms with Crippen molar-refractivity contribution in [1.29, 1.82) is 0 Å². The molecule has 0 radical (unpaired) electrons. The Bertz CT molecular complexity index is 581. The Balaban J connectivity index is 1.40. The van der Waals surface area contributed by atoms with E-state index in [0.717, 1.165) is 10.5 Å². The number of rotatable bonds is 3. The molecule has 3 N–H and O–H groups in total. The minimum absolute atomic E-state index is 0.0966. The first-order valence-electron chi connectivity index (χ1n) is 12.1. The highest BCUT2D eigenvalue weighted by molar-refractivity contribution is 8.00. The summed E-state index contributed by atoms with van der Waals surface area (Å²) in [6.45, 7) is 7.57. The summed E-state index contributed by atoms with van der Waals surface area (Å²) in [4.78, 5) is 0. The second-order valence-corrected chi connectivity index (χ2v) is 13.1. The quantitative estimate of drug-likeness (QED) is 0.660. The van der Waals surface area contributed by atoms with E-state index in [1.807, 2.05) is 0 Å². The van der Waals surface area contributed by atoms with Crippen LogP contribution in [0.15, 0.2) is 0 Å². The molecular formula is C24H41NO2S. The molecule has 10 atom stereocenters. The molecule has 5 rings (SSSR count). The topological polar surface area (TPSA) is 52.5 Å². The molecule has 0 bridgehead atoms. The van der Waals surface area contributed by atoms with Crippen LogP contribution in [0.5, 0.6) is 0 Å². The minimum atomic E-state index is -0.285. The average molecular weight is 408 g/mol. The lowest BCUT2D eigenvalue weighted by molar-refractivity contribution is -0.195. The maximum Gasteiger partial charge on any atom is 0.0627 e. The monoisotopic (exact) mass is 407 g/mol. The fourth-order valence-corrected chi connectivity index (χ4v) is 10.4. The maximum absolute atomic E-state index is 11.6. The van der Waals surface area contributed by atoms with Gasteiger partial charge in [-0.25, -0.2) is 0 Å². The van der Waals surface area contributed by atoms with Gasteiger partial charge in [0.2, 0.25) is 0 Å². The largest absolute Gasteiger partial charge is 0.396 e. The number of fused-ring (bicyclic) bond motifs is 5. The molecule has 0 amide bonds. The van der Waals surface area contributed by atoms with Crippen LogP contribution in [0.1, 0.15) is 71.6 Å². The molecule has 5 aliphatic rings. The zero-order chi connectivity index (χ0) is 19.5. The van der Waals surface area contributed by atoms with Crippen molar-refractivity contribution in [2.45, 2.75) is 88.2 Å². The Labute approximate surface area is 175 Å². The summed E-state index contributed by atoms with van der Waals surface area (Å²) in [7, 11) is 0. The van der Waals surface area contributed by atoms with E-state index in [4.69, 9.17) is 0 Å². The number of aliphatic hydroxyl groups is 2. The Hall–Kier alpha value is 0.230. The molecule has 4 aliphatic carbocycles. The summed E-state index contributed by atoms with van der Waals surface area (Å²) in [6, 6.07) is 0. The molecule has 4 saturated carbocycles. The Kier molecular flexibility index (Phi) is 5.34. The van der Waals surface area contributed by atoms with E-state index in [9.17, 15) is 10.2 Å². The van der Waals surface area contributed by atoms with Gasteiger partial charge in [0.1, 0.15) is 0 Å². The van der Waals surface area contributed by atoms with Crippen molar-refractivity contribution in [3.8, 4) is 0 Å². The van der Waals surface area contributed by atoms with Gasteiger partial charge in [-0.3, -0.25) is 0 Å². The summed E-state index contributed by atoms with van der Waals surface area (Å²) >= 11 is 2.21. The molecule has 1 heterocycles. The molecule has 0 aromatic heterocycles. The highest BCUT2D eigenvalue weighted by Gasteiger charge is 2.63. The van der Waals surface area contributed by atoms with Crippen molar-refractivity contribution >= 4 is 11.8 Å². The lowest BCUT2D eigenvalue weighted by Crippen LogP contribution is -2.62. The normalized spacial score (nSPS) is 56.1. The summed E-state index contributed by atoms with van der Waals surface area (Å²) in [5.74, 6) is 2.39. The van der Waals surface area contributed by atoms with Gasteiger partial charge in [0.25, 0.3) is 0 Å². The third kappa shape index (κ3) is 3.03. The fourth-order valence-electron chi connectivity index (χ4n) is 8.78. The first-order chi connectivity index (χ1) is 13.5. The SMILES string of the molecule is C[C@@]12CCC[C@H]1[C@@H]1[C@H](O)[C@H](CO)C3C[C@H](S[C@@H]4CCNC4)CC[C@]3(C)[C@H]1CC2. The maximum atomic E-state index is 11.6. The standard InChI is InChI=1S/C24H41NO2S/c1-23-8-3-4-18(23)21-19(6-9-23)24(2)10-5-15(28-16-7-11-25-13-16)12-20(24)17(14-26)22(21)27/h15-22,25-27H,3-14H2,1-2H3/t15-,16-,17-,18+,19+,20?,21+,22-,23+,24-/m1/s1. The molecular weight excluding hydrogens is 366 g/mol. The van der Waals surface area contributed by atoms with Crippen LogP contribution in [0.2, 0.25) is 0 Å². The first kappa shape index (κ1) is 20.2. The molecule has 1 unspecified atom stereocenters. The van der Waals surface area contributed by atoms with Crippen LogP contribution in [0.25, 0.3) is 0 Å². The minimum Gasteiger partial charge on any atom is -0.396 e. The van der Waals surface area contributed by atoms with Gasteiger partial charge in [0.15, 0.2) is 0 Å². The van der Waals surface area contributed by atoms with Gasteiger partial charge in [-0.15, -0.1) is 0 Å². The molecule has 1 saturated heterocycles. The van der Waals surface area contributed by atoms with E-state index in [-0.39, 0.29) is 18.6 Å². The van der Waals surface area contributed by atoms with Crippen LogP contribution in [0.3, 0.4) is 0 Å². The average Bonchev–Trinajstić information content (AvgIpc) is 3.32. The van der Waals surface area contributed by atoms with Crippen LogP contribution in [-0.4, -0.2) is 46.5 Å². The van der Waals surface area contributed by atoms with E-state index in [1.165, 1.54) is 70.9 Å². The Morgan fingerprint density at radius 1 is 0.964 bits per heavy atom. The van der Waals surface area contributed by atoms with E-state index < -0.39 is 0 Å². The lowest BCUT2D eigenvalue weighted by Gasteiger charge is -2.64. The van der Waals surface area contributed by atoms with Crippen molar-refractivity contribution in [3.63, 3.8) is 0 Å². The second-order valence-electron chi connectivity index (χ2n) is 11.5. The van der Waals surface area contributed by atoms with Crippen molar-refractivity contribution in [1.82, 2.24) is 5.32 Å². The van der Waals surface area contributed by atoms with Crippen molar-refractivity contribution in [2.24, 2.45) is 40.4 Å². The number of hydrogen-bond acceptors (Lipinski definition) is 4. The molecule has 0 spiro atoms. The van der Waals surface area contributed by atoms with Gasteiger partial charge >= 0.3 is 0 Å². The Morgan fingerprint density at radius 3 is 2.57 bits per heavy atom. The molecule has 28 heavy (non-hydrogen) atoms. The molecule has 160 valence electrons. The van der Waals surface area contributed by atoms with Gasteiger partial charge in [-0.05, 0) is 92.4 Å². The van der Waals surface area contributed by atoms with Crippen LogP contribution in [0.4, 0.5) is 0 Å². The molecule has 5 fully saturated rings. The second kappa shape index (κ2) is 7.43. The van der Waals surface area contributed by atoms with Crippen LogP contribution in [-0.2, 0) is 0 Å². The third-order valence-electron chi connectivity index (χ3n) is 10.3. The zero-order valence-corrected chi connectivity index (χ0v) is 18.7.